The molecular formula is C19H30O5. The van der Waals surface area contributed by atoms with E-state index in [2.05, 4.69) is 26.8 Å². The largest absolute Gasteiger partial charge is 0.428 e. The SMILES string of the molecule is CCCCOCCOCCOC1Oc2cc(C)c(CCC)cc2O1. The molecule has 5 nitrogen and oxygen atoms in total. The van der Waals surface area contributed by atoms with Crippen molar-refractivity contribution in [3.05, 3.63) is 23.3 Å². The Labute approximate surface area is 145 Å². The maximum Gasteiger partial charge on any atom is 0.361 e. The van der Waals surface area contributed by atoms with E-state index in [1.165, 1.54) is 11.1 Å². The summed E-state index contributed by atoms with van der Waals surface area (Å²) in [6, 6.07) is 4.08. The summed E-state index contributed by atoms with van der Waals surface area (Å²) in [7, 11) is 0. The molecule has 0 amide bonds. The molecule has 1 unspecified atom stereocenters. The molecule has 0 N–H and O–H groups in total. The van der Waals surface area contributed by atoms with Crippen molar-refractivity contribution in [2.45, 2.75) is 52.9 Å². The van der Waals surface area contributed by atoms with Crippen molar-refractivity contribution in [1.82, 2.24) is 0 Å². The number of unbranched alkanes of at least 4 members (excludes halogenated alkanes) is 1. The molecular weight excluding hydrogens is 308 g/mol. The van der Waals surface area contributed by atoms with Gasteiger partial charge in [-0.25, -0.2) is 0 Å². The highest BCUT2D eigenvalue weighted by Crippen LogP contribution is 2.37. The number of hydrogen-bond donors (Lipinski definition) is 0. The van der Waals surface area contributed by atoms with Crippen molar-refractivity contribution in [2.75, 3.05) is 33.0 Å². The Morgan fingerprint density at radius 1 is 0.875 bits per heavy atom. The van der Waals surface area contributed by atoms with Crippen LogP contribution in [0.15, 0.2) is 12.1 Å². The van der Waals surface area contributed by atoms with Gasteiger partial charge in [0.2, 0.25) is 0 Å². The van der Waals surface area contributed by atoms with E-state index in [4.69, 9.17) is 23.7 Å². The average Bonchev–Trinajstić information content (AvgIpc) is 2.95. The number of fused-ring (bicyclic) bond motifs is 1. The molecule has 24 heavy (non-hydrogen) atoms. The van der Waals surface area contributed by atoms with Crippen LogP contribution in [0.5, 0.6) is 11.5 Å². The van der Waals surface area contributed by atoms with Crippen LogP contribution in [-0.2, 0) is 20.6 Å². The second-order valence-electron chi connectivity index (χ2n) is 5.95. The zero-order chi connectivity index (χ0) is 17.2. The predicted molar refractivity (Wildman–Crippen MR) is 92.7 cm³/mol. The van der Waals surface area contributed by atoms with Crippen molar-refractivity contribution >= 4 is 0 Å². The van der Waals surface area contributed by atoms with E-state index in [0.29, 0.717) is 26.4 Å². The number of ether oxygens (including phenoxy) is 5. The highest BCUT2D eigenvalue weighted by Gasteiger charge is 2.25. The lowest BCUT2D eigenvalue weighted by Gasteiger charge is -2.11. The molecule has 5 heteroatoms. The van der Waals surface area contributed by atoms with E-state index in [0.717, 1.165) is 43.8 Å². The number of aryl methyl sites for hydroxylation is 2. The Bertz CT molecular complexity index is 489. The molecule has 1 aliphatic heterocycles. The summed E-state index contributed by atoms with van der Waals surface area (Å²) in [6.45, 7) is 8.67. The zero-order valence-corrected chi connectivity index (χ0v) is 15.1. The first kappa shape index (κ1) is 19.0. The van der Waals surface area contributed by atoms with Crippen LogP contribution >= 0.6 is 0 Å². The first-order valence-corrected chi connectivity index (χ1v) is 8.98. The third-order valence-corrected chi connectivity index (χ3v) is 3.86. The maximum absolute atomic E-state index is 5.70. The van der Waals surface area contributed by atoms with E-state index in [1.807, 2.05) is 6.07 Å². The summed E-state index contributed by atoms with van der Waals surface area (Å²) in [6.07, 6.45) is 4.40. The van der Waals surface area contributed by atoms with Gasteiger partial charge >= 0.3 is 6.48 Å². The van der Waals surface area contributed by atoms with Gasteiger partial charge in [-0.2, -0.15) is 0 Å². The van der Waals surface area contributed by atoms with Crippen LogP contribution in [0.2, 0.25) is 0 Å². The van der Waals surface area contributed by atoms with Gasteiger partial charge in [0.25, 0.3) is 0 Å². The third-order valence-electron chi connectivity index (χ3n) is 3.86. The Morgan fingerprint density at radius 2 is 1.54 bits per heavy atom. The Kier molecular flexibility index (Phi) is 8.36. The second-order valence-corrected chi connectivity index (χ2v) is 5.95. The fourth-order valence-corrected chi connectivity index (χ4v) is 2.50. The fraction of sp³-hybridized carbons (Fsp3) is 0.684. The first-order valence-electron chi connectivity index (χ1n) is 8.98. The lowest BCUT2D eigenvalue weighted by Crippen LogP contribution is -2.24. The molecule has 0 saturated heterocycles. The van der Waals surface area contributed by atoms with Crippen molar-refractivity contribution in [3.63, 3.8) is 0 Å². The molecule has 136 valence electrons. The van der Waals surface area contributed by atoms with Crippen LogP contribution in [0.3, 0.4) is 0 Å². The molecule has 1 atom stereocenters. The highest BCUT2D eigenvalue weighted by atomic mass is 16.9. The zero-order valence-electron chi connectivity index (χ0n) is 15.1. The molecule has 1 aliphatic rings. The second kappa shape index (κ2) is 10.5. The molecule has 2 rings (SSSR count). The van der Waals surface area contributed by atoms with Gasteiger partial charge in [-0.1, -0.05) is 26.7 Å². The molecule has 0 saturated carbocycles. The Balaban J connectivity index is 1.60. The van der Waals surface area contributed by atoms with Gasteiger partial charge in [0.05, 0.1) is 26.4 Å². The lowest BCUT2D eigenvalue weighted by molar-refractivity contribution is -0.184. The van der Waals surface area contributed by atoms with Crippen LogP contribution in [-0.4, -0.2) is 39.5 Å². The van der Waals surface area contributed by atoms with Gasteiger partial charge in [-0.15, -0.1) is 0 Å². The lowest BCUT2D eigenvalue weighted by atomic mass is 10.0. The summed E-state index contributed by atoms with van der Waals surface area (Å²) in [5.74, 6) is 1.52. The van der Waals surface area contributed by atoms with Crippen molar-refractivity contribution in [2.24, 2.45) is 0 Å². The number of hydrogen-bond acceptors (Lipinski definition) is 5. The monoisotopic (exact) mass is 338 g/mol. The number of rotatable bonds is 12. The van der Waals surface area contributed by atoms with Crippen LogP contribution < -0.4 is 9.47 Å². The van der Waals surface area contributed by atoms with E-state index < -0.39 is 6.48 Å². The van der Waals surface area contributed by atoms with Crippen molar-refractivity contribution in [1.29, 1.82) is 0 Å². The Morgan fingerprint density at radius 3 is 2.25 bits per heavy atom. The third kappa shape index (κ3) is 5.96. The quantitative estimate of drug-likeness (QED) is 0.542. The molecule has 0 aromatic heterocycles. The molecule has 1 heterocycles. The average molecular weight is 338 g/mol. The van der Waals surface area contributed by atoms with Gasteiger partial charge in [-0.05, 0) is 43.0 Å². The molecule has 0 fully saturated rings. The van der Waals surface area contributed by atoms with E-state index in [-0.39, 0.29) is 0 Å². The summed E-state index contributed by atoms with van der Waals surface area (Å²) in [5.41, 5.74) is 2.53. The smallest absolute Gasteiger partial charge is 0.361 e. The number of benzene rings is 1. The minimum atomic E-state index is -0.680. The van der Waals surface area contributed by atoms with Gasteiger partial charge in [0.1, 0.15) is 0 Å². The molecule has 0 aliphatic carbocycles. The molecule has 1 aromatic rings. The summed E-state index contributed by atoms with van der Waals surface area (Å²) < 4.78 is 27.8. The van der Waals surface area contributed by atoms with Crippen LogP contribution in [0, 0.1) is 6.92 Å². The maximum atomic E-state index is 5.70. The molecule has 0 radical (unpaired) electrons. The van der Waals surface area contributed by atoms with E-state index in [9.17, 15) is 0 Å². The minimum absolute atomic E-state index is 0.425. The van der Waals surface area contributed by atoms with Gasteiger partial charge in [-0.3, -0.25) is 0 Å². The van der Waals surface area contributed by atoms with E-state index >= 15 is 0 Å². The predicted octanol–water partition coefficient (Wildman–Crippen LogP) is 3.85. The highest BCUT2D eigenvalue weighted by molar-refractivity contribution is 5.48. The summed E-state index contributed by atoms with van der Waals surface area (Å²) >= 11 is 0. The van der Waals surface area contributed by atoms with Crippen molar-refractivity contribution in [3.8, 4) is 11.5 Å². The normalized spacial score (nSPS) is 15.9. The van der Waals surface area contributed by atoms with E-state index in [1.54, 1.807) is 0 Å². The standard InChI is InChI=1S/C19H30O5/c1-4-6-8-20-9-10-21-11-12-22-19-23-17-13-15(3)16(7-5-2)14-18(17)24-19/h13-14,19H,4-12H2,1-3H3. The molecule has 1 aromatic carbocycles. The minimum Gasteiger partial charge on any atom is -0.428 e. The topological polar surface area (TPSA) is 46.2 Å². The summed E-state index contributed by atoms with van der Waals surface area (Å²) in [5, 5.41) is 0. The van der Waals surface area contributed by atoms with Crippen molar-refractivity contribution < 1.29 is 23.7 Å². The van der Waals surface area contributed by atoms with Crippen LogP contribution in [0.25, 0.3) is 0 Å². The van der Waals surface area contributed by atoms with Gasteiger partial charge in [0, 0.05) is 6.61 Å². The van der Waals surface area contributed by atoms with Crippen LogP contribution in [0.4, 0.5) is 0 Å². The first-order chi connectivity index (χ1) is 11.7. The molecule has 0 bridgehead atoms. The molecule has 0 spiro atoms. The summed E-state index contributed by atoms with van der Waals surface area (Å²) in [4.78, 5) is 0. The van der Waals surface area contributed by atoms with Gasteiger partial charge in [0.15, 0.2) is 11.5 Å². The Hall–Kier alpha value is -1.30. The fourth-order valence-electron chi connectivity index (χ4n) is 2.50. The van der Waals surface area contributed by atoms with Crippen LogP contribution in [0.1, 0.15) is 44.2 Å². The van der Waals surface area contributed by atoms with Gasteiger partial charge < -0.3 is 23.7 Å².